The fraction of sp³-hybridized carbons (Fsp3) is 0.750. The fourth-order valence-electron chi connectivity index (χ4n) is 2.11. The number of halogens is 6. The summed E-state index contributed by atoms with van der Waals surface area (Å²) in [7, 11) is -13.2. The van der Waals surface area contributed by atoms with Gasteiger partial charge in [-0.15, -0.1) is 0 Å². The molecule has 0 atom stereocenters. The Balaban J connectivity index is 0.000000561. The zero-order valence-electron chi connectivity index (χ0n) is 16.6. The van der Waals surface area contributed by atoms with E-state index in [1.807, 2.05) is 0 Å². The summed E-state index contributed by atoms with van der Waals surface area (Å²) in [6, 6.07) is 0. The predicted octanol–water partition coefficient (Wildman–Crippen LogP) is 4.40. The maximum Gasteiger partial charge on any atom is 0.512 e. The first-order chi connectivity index (χ1) is 13.5. The Morgan fingerprint density at radius 1 is 0.900 bits per heavy atom. The first kappa shape index (κ1) is 28.7. The monoisotopic (exact) mass is 488 g/mol. The van der Waals surface area contributed by atoms with E-state index in [9.17, 15) is 43.2 Å². The van der Waals surface area contributed by atoms with Crippen molar-refractivity contribution >= 4 is 20.0 Å². The van der Waals surface area contributed by atoms with Crippen LogP contribution in [0.1, 0.15) is 52.4 Å². The number of rotatable bonds is 9. The van der Waals surface area contributed by atoms with E-state index in [0.717, 1.165) is 6.54 Å². The number of nitrogens with one attached hydrogen (secondary N) is 1. The number of nitrogens with zero attached hydrogens (tertiary/aromatic N) is 1. The zero-order chi connectivity index (χ0) is 23.6. The second-order valence-corrected chi connectivity index (χ2v) is 10.1. The van der Waals surface area contributed by atoms with Crippen LogP contribution >= 0.6 is 0 Å². The average Bonchev–Trinajstić information content (AvgIpc) is 2.57. The number of hydrogen-bond donors (Lipinski definition) is 1. The van der Waals surface area contributed by atoms with Crippen molar-refractivity contribution in [3.05, 3.63) is 23.9 Å². The van der Waals surface area contributed by atoms with Crippen molar-refractivity contribution in [1.29, 1.82) is 0 Å². The topological polar surface area (TPSA) is 83.6 Å². The van der Waals surface area contributed by atoms with Crippen molar-refractivity contribution < 1.29 is 43.2 Å². The van der Waals surface area contributed by atoms with Gasteiger partial charge in [-0.2, -0.15) is 26.3 Å². The molecule has 1 rings (SSSR count). The number of alkyl halides is 6. The molecule has 0 saturated heterocycles. The number of unbranched alkanes of at least 4 members (excludes halogenated alkanes) is 5. The molecule has 0 saturated carbocycles. The molecular weight excluding hydrogens is 462 g/mol. The van der Waals surface area contributed by atoms with Gasteiger partial charge in [0.15, 0.2) is 0 Å². The minimum atomic E-state index is -6.60. The SMILES string of the molecule is CCCCCCCCN1C=CC(C)=CC1.O=S(=O)(NS(=O)(=O)C(F)(F)F)C(F)(F)F. The summed E-state index contributed by atoms with van der Waals surface area (Å²) in [6.07, 6.45) is 15.1. The molecule has 0 amide bonds. The minimum absolute atomic E-state index is 0.493. The molecule has 0 bridgehead atoms. The summed E-state index contributed by atoms with van der Waals surface area (Å²) in [4.78, 5) is 2.41. The Bertz CT molecular complexity index is 746. The Hall–Kier alpha value is -1.28. The Morgan fingerprint density at radius 3 is 1.77 bits per heavy atom. The highest BCUT2D eigenvalue weighted by Crippen LogP contribution is 2.27. The van der Waals surface area contributed by atoms with E-state index in [1.54, 1.807) is 0 Å². The van der Waals surface area contributed by atoms with E-state index >= 15 is 0 Å². The summed E-state index contributed by atoms with van der Waals surface area (Å²) < 4.78 is 108. The third-order valence-electron chi connectivity index (χ3n) is 3.82. The first-order valence-electron chi connectivity index (χ1n) is 9.03. The molecule has 1 aliphatic heterocycles. The number of hydrogen-bond acceptors (Lipinski definition) is 5. The lowest BCUT2D eigenvalue weighted by molar-refractivity contribution is -0.0476. The van der Waals surface area contributed by atoms with Crippen LogP contribution in [0.5, 0.6) is 0 Å². The lowest BCUT2D eigenvalue weighted by Gasteiger charge is -2.21. The predicted molar refractivity (Wildman–Crippen MR) is 101 cm³/mol. The maximum atomic E-state index is 11.5. The maximum absolute atomic E-state index is 11.5. The lowest BCUT2D eigenvalue weighted by Crippen LogP contribution is -2.45. The molecule has 6 nitrogen and oxygen atoms in total. The molecule has 0 radical (unpaired) electrons. The molecule has 30 heavy (non-hydrogen) atoms. The van der Waals surface area contributed by atoms with E-state index in [-0.39, 0.29) is 0 Å². The van der Waals surface area contributed by atoms with Gasteiger partial charge >= 0.3 is 31.1 Å². The van der Waals surface area contributed by atoms with Crippen LogP contribution < -0.4 is 4.13 Å². The van der Waals surface area contributed by atoms with E-state index in [1.165, 1.54) is 50.6 Å². The summed E-state index contributed by atoms with van der Waals surface area (Å²) in [5.41, 5.74) is -10.9. The second kappa shape index (κ2) is 11.9. The summed E-state index contributed by atoms with van der Waals surface area (Å²) >= 11 is 0. The third kappa shape index (κ3) is 10.7. The first-order valence-corrected chi connectivity index (χ1v) is 12.0. The zero-order valence-corrected chi connectivity index (χ0v) is 18.2. The van der Waals surface area contributed by atoms with Crippen LogP contribution in [0.4, 0.5) is 26.3 Å². The normalized spacial score (nSPS) is 15.5. The lowest BCUT2D eigenvalue weighted by atomic mass is 10.1. The van der Waals surface area contributed by atoms with Crippen molar-refractivity contribution in [1.82, 2.24) is 9.03 Å². The quantitative estimate of drug-likeness (QED) is 0.384. The van der Waals surface area contributed by atoms with Gasteiger partial charge in [0.1, 0.15) is 0 Å². The molecule has 0 aromatic rings. The van der Waals surface area contributed by atoms with Crippen LogP contribution in [0.25, 0.3) is 0 Å². The number of allylic oxidation sites excluding steroid dienone is 2. The summed E-state index contributed by atoms with van der Waals surface area (Å²) in [5.74, 6) is 0. The third-order valence-corrected chi connectivity index (χ3v) is 6.80. The molecule has 1 N–H and O–H groups in total. The van der Waals surface area contributed by atoms with Gasteiger partial charge in [-0.3, -0.25) is 0 Å². The second-order valence-electron chi connectivity index (χ2n) is 6.51. The van der Waals surface area contributed by atoms with Crippen molar-refractivity contribution in [2.75, 3.05) is 13.1 Å². The van der Waals surface area contributed by atoms with Gasteiger partial charge in [-0.05, 0) is 25.6 Å². The van der Waals surface area contributed by atoms with Gasteiger partial charge in [0.25, 0.3) is 0 Å². The standard InChI is InChI=1S/C14H25N.C2HF6NO4S2/c1-3-4-5-6-7-8-11-15-12-9-14(2)10-13-15;3-1(4,5)14(10,11)9-15(12,13)2(6,7)8/h9-10,12H,3-8,11,13H2,1-2H3;9H. The highest BCUT2D eigenvalue weighted by atomic mass is 32.3. The van der Waals surface area contributed by atoms with E-state index in [2.05, 4.69) is 37.1 Å². The fourth-order valence-corrected chi connectivity index (χ4v) is 4.02. The minimum Gasteiger partial charge on any atom is -0.374 e. The molecule has 0 aromatic carbocycles. The van der Waals surface area contributed by atoms with Crippen molar-refractivity contribution in [2.24, 2.45) is 0 Å². The van der Waals surface area contributed by atoms with Crippen LogP contribution in [0, 0.1) is 0 Å². The molecule has 178 valence electrons. The Labute approximate surface area is 173 Å². The molecule has 0 aliphatic carbocycles. The van der Waals surface area contributed by atoms with Crippen LogP contribution in [0.3, 0.4) is 0 Å². The van der Waals surface area contributed by atoms with Crippen molar-refractivity contribution in [2.45, 2.75) is 63.4 Å². The smallest absolute Gasteiger partial charge is 0.374 e. The Kier molecular flexibility index (Phi) is 11.4. The van der Waals surface area contributed by atoms with E-state index in [0.29, 0.717) is 0 Å². The molecule has 0 fully saturated rings. The van der Waals surface area contributed by atoms with E-state index in [4.69, 9.17) is 0 Å². The number of sulfonamides is 2. The van der Waals surface area contributed by atoms with Gasteiger partial charge in [-0.25, -0.2) is 16.8 Å². The van der Waals surface area contributed by atoms with Gasteiger partial charge in [0.05, 0.1) is 0 Å². The molecule has 1 heterocycles. The van der Waals surface area contributed by atoms with Crippen LogP contribution in [0.2, 0.25) is 0 Å². The molecule has 0 unspecified atom stereocenters. The van der Waals surface area contributed by atoms with Crippen LogP contribution in [0.15, 0.2) is 23.9 Å². The summed E-state index contributed by atoms with van der Waals surface area (Å²) in [5, 5.41) is 0. The largest absolute Gasteiger partial charge is 0.512 e. The highest BCUT2D eigenvalue weighted by Gasteiger charge is 2.55. The molecular formula is C16H26F6N2O4S2. The molecule has 1 aliphatic rings. The molecule has 0 spiro atoms. The van der Waals surface area contributed by atoms with Gasteiger partial charge in [0.2, 0.25) is 0 Å². The van der Waals surface area contributed by atoms with Crippen LogP contribution in [-0.2, 0) is 20.0 Å². The molecule has 0 aromatic heterocycles. The van der Waals surface area contributed by atoms with Crippen molar-refractivity contribution in [3.8, 4) is 0 Å². The van der Waals surface area contributed by atoms with Gasteiger partial charge in [0, 0.05) is 13.1 Å². The van der Waals surface area contributed by atoms with Gasteiger partial charge in [-0.1, -0.05) is 54.8 Å². The van der Waals surface area contributed by atoms with Gasteiger partial charge < -0.3 is 4.90 Å². The van der Waals surface area contributed by atoms with Crippen LogP contribution in [-0.4, -0.2) is 45.8 Å². The van der Waals surface area contributed by atoms with Crippen molar-refractivity contribution in [3.63, 3.8) is 0 Å². The average molecular weight is 489 g/mol. The highest BCUT2D eigenvalue weighted by molar-refractivity contribution is 8.05. The van der Waals surface area contributed by atoms with E-state index < -0.39 is 35.2 Å². The molecule has 14 heteroatoms. The Morgan fingerprint density at radius 2 is 1.37 bits per heavy atom. The summed E-state index contributed by atoms with van der Waals surface area (Å²) in [6.45, 7) is 6.77.